The fraction of sp³-hybridized carbons (Fsp3) is 0.300. The average molecular weight is 504 g/mol. The molecule has 1 fully saturated rings. The second-order valence-electron chi connectivity index (χ2n) is 9.60. The minimum atomic E-state index is -0.103. The Morgan fingerprint density at radius 3 is 2.39 bits per heavy atom. The summed E-state index contributed by atoms with van der Waals surface area (Å²) in [6.45, 7) is 11.0. The van der Waals surface area contributed by atoms with Crippen molar-refractivity contribution in [1.82, 2.24) is 9.80 Å². The predicted molar refractivity (Wildman–Crippen MR) is 148 cm³/mol. The molecule has 1 aliphatic heterocycles. The van der Waals surface area contributed by atoms with Gasteiger partial charge in [-0.15, -0.1) is 6.58 Å². The number of hydrogen-bond acceptors (Lipinski definition) is 4. The molecule has 0 spiro atoms. The molecule has 0 bridgehead atoms. The number of carbonyl (C=O) groups is 1. The number of phenolic OH excluding ortho intramolecular Hbond substituents is 1. The van der Waals surface area contributed by atoms with E-state index >= 15 is 0 Å². The summed E-state index contributed by atoms with van der Waals surface area (Å²) in [4.78, 5) is 20.0. The topological polar surface area (TPSA) is 47.0 Å². The first-order chi connectivity index (χ1) is 17.3. The number of hydrogen-bond donors (Lipinski definition) is 1. The van der Waals surface area contributed by atoms with Crippen LogP contribution in [0.3, 0.4) is 0 Å². The SMILES string of the molecule is C=CCN1C[C@H](C)N([C@@H](c2cccc(O)c2)c2cccc(C(=O)N(C)c3ccc(Cl)cc3)c2)C[C@H]1C. The normalized spacial score (nSPS) is 19.6. The Balaban J connectivity index is 1.70. The zero-order valence-electron chi connectivity index (χ0n) is 21.1. The zero-order chi connectivity index (χ0) is 25.8. The molecule has 3 atom stereocenters. The van der Waals surface area contributed by atoms with Crippen LogP contribution < -0.4 is 4.90 Å². The van der Waals surface area contributed by atoms with Gasteiger partial charge in [-0.3, -0.25) is 14.6 Å². The Bertz CT molecular complexity index is 1210. The van der Waals surface area contributed by atoms with Gasteiger partial charge in [0.25, 0.3) is 5.91 Å². The highest BCUT2D eigenvalue weighted by atomic mass is 35.5. The molecule has 1 amide bonds. The molecular formula is C30H34ClN3O2. The van der Waals surface area contributed by atoms with E-state index in [2.05, 4.69) is 36.3 Å². The Morgan fingerprint density at radius 2 is 1.72 bits per heavy atom. The van der Waals surface area contributed by atoms with Gasteiger partial charge in [-0.2, -0.15) is 0 Å². The molecule has 1 aliphatic rings. The molecule has 1 N–H and O–H groups in total. The summed E-state index contributed by atoms with van der Waals surface area (Å²) in [5.74, 6) is 0.143. The van der Waals surface area contributed by atoms with Crippen molar-refractivity contribution < 1.29 is 9.90 Å². The van der Waals surface area contributed by atoms with Crippen LogP contribution in [0.5, 0.6) is 5.75 Å². The van der Waals surface area contributed by atoms with Gasteiger partial charge >= 0.3 is 0 Å². The van der Waals surface area contributed by atoms with E-state index < -0.39 is 0 Å². The number of rotatable bonds is 7. The van der Waals surface area contributed by atoms with E-state index in [1.54, 1.807) is 30.1 Å². The van der Waals surface area contributed by atoms with Crippen molar-refractivity contribution in [3.05, 3.63) is 107 Å². The van der Waals surface area contributed by atoms with E-state index in [-0.39, 0.29) is 23.7 Å². The molecule has 0 radical (unpaired) electrons. The van der Waals surface area contributed by atoms with Crippen LogP contribution in [0.2, 0.25) is 5.02 Å². The van der Waals surface area contributed by atoms with Crippen molar-refractivity contribution in [1.29, 1.82) is 0 Å². The highest BCUT2D eigenvalue weighted by molar-refractivity contribution is 6.30. The Morgan fingerprint density at radius 1 is 1.06 bits per heavy atom. The van der Waals surface area contributed by atoms with Crippen LogP contribution in [0.25, 0.3) is 0 Å². The molecule has 188 valence electrons. The lowest BCUT2D eigenvalue weighted by Crippen LogP contribution is -2.57. The third kappa shape index (κ3) is 5.65. The molecular weight excluding hydrogens is 470 g/mol. The minimum Gasteiger partial charge on any atom is -0.508 e. The summed E-state index contributed by atoms with van der Waals surface area (Å²) in [5.41, 5.74) is 3.41. The molecule has 0 unspecified atom stereocenters. The van der Waals surface area contributed by atoms with Crippen LogP contribution in [-0.2, 0) is 0 Å². The van der Waals surface area contributed by atoms with Gasteiger partial charge in [-0.25, -0.2) is 0 Å². The number of phenols is 1. The summed E-state index contributed by atoms with van der Waals surface area (Å²) in [6, 6.07) is 23.0. The molecule has 1 saturated heterocycles. The maximum atomic E-state index is 13.4. The largest absolute Gasteiger partial charge is 0.508 e. The van der Waals surface area contributed by atoms with Crippen molar-refractivity contribution in [2.75, 3.05) is 31.6 Å². The first kappa shape index (κ1) is 26.0. The summed E-state index contributed by atoms with van der Waals surface area (Å²) in [5, 5.41) is 10.9. The van der Waals surface area contributed by atoms with Gasteiger partial charge in [0.05, 0.1) is 6.04 Å². The summed E-state index contributed by atoms with van der Waals surface area (Å²) in [7, 11) is 1.77. The molecule has 4 rings (SSSR count). The van der Waals surface area contributed by atoms with Crippen LogP contribution >= 0.6 is 11.6 Å². The quantitative estimate of drug-likeness (QED) is 0.402. The third-order valence-electron chi connectivity index (χ3n) is 7.01. The van der Waals surface area contributed by atoms with Crippen LogP contribution in [0.15, 0.2) is 85.5 Å². The first-order valence-electron chi connectivity index (χ1n) is 12.3. The molecule has 36 heavy (non-hydrogen) atoms. The predicted octanol–water partition coefficient (Wildman–Crippen LogP) is 5.99. The molecule has 5 nitrogen and oxygen atoms in total. The number of piperazine rings is 1. The standard InChI is InChI=1S/C30H34ClN3O2/c1-5-16-33-19-22(3)34(20-21(33)2)29(24-9-7-11-28(35)18-24)23-8-6-10-25(17-23)30(36)32(4)27-14-12-26(31)13-15-27/h5-15,17-18,21-22,29,35H,1,16,19-20H2,2-4H3/t21-,22+,29-/m1/s1. The highest BCUT2D eigenvalue weighted by Gasteiger charge is 2.34. The lowest BCUT2D eigenvalue weighted by molar-refractivity contribution is 0.0306. The Kier molecular flexibility index (Phi) is 8.14. The number of nitrogens with zero attached hydrogens (tertiary/aromatic N) is 3. The van der Waals surface area contributed by atoms with Crippen molar-refractivity contribution in [3.8, 4) is 5.75 Å². The summed E-state index contributed by atoms with van der Waals surface area (Å²) >= 11 is 6.03. The number of carbonyl (C=O) groups excluding carboxylic acids is 1. The van der Waals surface area contributed by atoms with Crippen LogP contribution in [0, 0.1) is 0 Å². The third-order valence-corrected chi connectivity index (χ3v) is 7.26. The first-order valence-corrected chi connectivity index (χ1v) is 12.7. The van der Waals surface area contributed by atoms with Crippen LogP contribution in [-0.4, -0.2) is 59.6 Å². The molecule has 3 aromatic carbocycles. The zero-order valence-corrected chi connectivity index (χ0v) is 21.9. The molecule has 0 saturated carbocycles. The number of benzene rings is 3. The van der Waals surface area contributed by atoms with Gasteiger partial charge in [0.15, 0.2) is 0 Å². The van der Waals surface area contributed by atoms with Crippen molar-refractivity contribution in [3.63, 3.8) is 0 Å². The molecule has 0 aromatic heterocycles. The highest BCUT2D eigenvalue weighted by Crippen LogP contribution is 2.35. The molecule has 3 aromatic rings. The fourth-order valence-corrected chi connectivity index (χ4v) is 5.22. The Hall–Kier alpha value is -3.12. The number of anilines is 1. The smallest absolute Gasteiger partial charge is 0.258 e. The molecule has 6 heteroatoms. The lowest BCUT2D eigenvalue weighted by atomic mass is 9.92. The summed E-state index contributed by atoms with van der Waals surface area (Å²) in [6.07, 6.45) is 1.96. The number of halogens is 1. The van der Waals surface area contributed by atoms with Crippen molar-refractivity contribution in [2.45, 2.75) is 32.0 Å². The average Bonchev–Trinajstić information content (AvgIpc) is 2.87. The Labute approximate surface area is 219 Å². The molecule has 1 heterocycles. The van der Waals surface area contributed by atoms with Crippen molar-refractivity contribution in [2.24, 2.45) is 0 Å². The van der Waals surface area contributed by atoms with Gasteiger partial charge in [0.1, 0.15) is 5.75 Å². The maximum absolute atomic E-state index is 13.4. The number of aromatic hydroxyl groups is 1. The minimum absolute atomic E-state index is 0.0916. The van der Waals surface area contributed by atoms with E-state index in [9.17, 15) is 9.90 Å². The van der Waals surface area contributed by atoms with Gasteiger partial charge in [0, 0.05) is 55.0 Å². The molecule has 0 aliphatic carbocycles. The maximum Gasteiger partial charge on any atom is 0.258 e. The number of amides is 1. The lowest BCUT2D eigenvalue weighted by Gasteiger charge is -2.47. The van der Waals surface area contributed by atoms with E-state index in [4.69, 9.17) is 11.6 Å². The van der Waals surface area contributed by atoms with Gasteiger partial charge in [-0.1, -0.05) is 41.9 Å². The van der Waals surface area contributed by atoms with Crippen LogP contribution in [0.4, 0.5) is 5.69 Å². The second kappa shape index (κ2) is 11.3. The monoisotopic (exact) mass is 503 g/mol. The van der Waals surface area contributed by atoms with Crippen LogP contribution in [0.1, 0.15) is 41.4 Å². The van der Waals surface area contributed by atoms with Gasteiger partial charge in [0.2, 0.25) is 0 Å². The van der Waals surface area contributed by atoms with E-state index in [1.807, 2.05) is 54.6 Å². The van der Waals surface area contributed by atoms with E-state index in [0.29, 0.717) is 16.6 Å². The summed E-state index contributed by atoms with van der Waals surface area (Å²) < 4.78 is 0. The fourth-order valence-electron chi connectivity index (χ4n) is 5.09. The van der Waals surface area contributed by atoms with Gasteiger partial charge in [-0.05, 0) is 73.5 Å². The van der Waals surface area contributed by atoms with E-state index in [0.717, 1.165) is 36.4 Å². The van der Waals surface area contributed by atoms with Gasteiger partial charge < -0.3 is 10.0 Å². The van der Waals surface area contributed by atoms with Crippen molar-refractivity contribution >= 4 is 23.2 Å². The second-order valence-corrected chi connectivity index (χ2v) is 10.0. The van der Waals surface area contributed by atoms with E-state index in [1.165, 1.54) is 0 Å².